The molecule has 0 saturated heterocycles. The van der Waals surface area contributed by atoms with E-state index in [1.807, 2.05) is 26.1 Å². The summed E-state index contributed by atoms with van der Waals surface area (Å²) in [4.78, 5) is 25.9. The van der Waals surface area contributed by atoms with Crippen molar-refractivity contribution in [2.24, 2.45) is 5.73 Å². The molecule has 0 unspecified atom stereocenters. The van der Waals surface area contributed by atoms with Gasteiger partial charge in [-0.1, -0.05) is 0 Å². The first-order valence-corrected chi connectivity index (χ1v) is 7.36. The number of nitrogens with two attached hydrogens (primary N) is 2. The Kier molecular flexibility index (Phi) is 3.59. The van der Waals surface area contributed by atoms with Gasteiger partial charge in [-0.15, -0.1) is 0 Å². The molecule has 0 aromatic carbocycles. The van der Waals surface area contributed by atoms with Gasteiger partial charge in [0, 0.05) is 23.9 Å². The zero-order valence-corrected chi connectivity index (χ0v) is 14.0. The Labute approximate surface area is 138 Å². The van der Waals surface area contributed by atoms with Crippen molar-refractivity contribution in [1.29, 1.82) is 0 Å². The van der Waals surface area contributed by atoms with Crippen LogP contribution in [0.4, 0.5) is 5.82 Å². The van der Waals surface area contributed by atoms with Crippen LogP contribution in [0.25, 0.3) is 16.7 Å². The summed E-state index contributed by atoms with van der Waals surface area (Å²) in [6.45, 7) is 5.62. The highest BCUT2D eigenvalue weighted by molar-refractivity contribution is 6.10. The van der Waals surface area contributed by atoms with Crippen LogP contribution in [-0.2, 0) is 0 Å². The van der Waals surface area contributed by atoms with E-state index < -0.39 is 5.91 Å². The second-order valence-corrected chi connectivity index (χ2v) is 5.56. The van der Waals surface area contributed by atoms with Crippen molar-refractivity contribution in [3.05, 3.63) is 41.1 Å². The number of carbonyl (C=O) groups is 1. The van der Waals surface area contributed by atoms with Crippen LogP contribution < -0.4 is 21.0 Å². The normalized spacial score (nSPS) is 11.0. The van der Waals surface area contributed by atoms with E-state index in [4.69, 9.17) is 16.3 Å². The molecule has 0 saturated carbocycles. The number of carbonyl (C=O) groups excluding carboxylic acids is 1. The van der Waals surface area contributed by atoms with E-state index in [2.05, 4.69) is 9.97 Å². The number of nitrogens with zero attached hydrogens (tertiary/aromatic N) is 4. The van der Waals surface area contributed by atoms with Crippen molar-refractivity contribution in [1.82, 2.24) is 14.5 Å². The molecule has 8 heteroatoms. The van der Waals surface area contributed by atoms with Crippen LogP contribution >= 0.6 is 0 Å². The second-order valence-electron chi connectivity index (χ2n) is 5.56. The number of fused-ring (bicyclic) bond motifs is 1. The summed E-state index contributed by atoms with van der Waals surface area (Å²) in [5.41, 5.74) is 15.1. The third kappa shape index (κ3) is 2.15. The van der Waals surface area contributed by atoms with E-state index in [0.29, 0.717) is 16.9 Å². The highest BCUT2D eigenvalue weighted by atomic mass is 16.6. The van der Waals surface area contributed by atoms with Gasteiger partial charge in [0.25, 0.3) is 11.6 Å². The lowest BCUT2D eigenvalue weighted by Crippen LogP contribution is -2.44. The summed E-state index contributed by atoms with van der Waals surface area (Å²) < 4.78 is 3.34. The van der Waals surface area contributed by atoms with E-state index in [0.717, 1.165) is 16.9 Å². The lowest BCUT2D eigenvalue weighted by atomic mass is 10.2. The van der Waals surface area contributed by atoms with Gasteiger partial charge in [-0.05, 0) is 19.4 Å². The van der Waals surface area contributed by atoms with E-state index >= 15 is 0 Å². The van der Waals surface area contributed by atoms with Crippen LogP contribution in [0.2, 0.25) is 0 Å². The van der Waals surface area contributed by atoms with Crippen LogP contribution in [0.3, 0.4) is 0 Å². The van der Waals surface area contributed by atoms with Crippen molar-refractivity contribution < 1.29 is 14.4 Å². The molecule has 0 bridgehead atoms. The SMILES string of the molecule is CO[n+]1ccc(C)c(-n2c(N)c(C(N)=O)c3cnc(C)nc32)c1C. The summed E-state index contributed by atoms with van der Waals surface area (Å²) >= 11 is 0. The Morgan fingerprint density at radius 2 is 2.04 bits per heavy atom. The molecule has 8 nitrogen and oxygen atoms in total. The van der Waals surface area contributed by atoms with Crippen LogP contribution in [-0.4, -0.2) is 27.6 Å². The quantitative estimate of drug-likeness (QED) is 0.675. The Hall–Kier alpha value is -3.16. The first kappa shape index (κ1) is 15.7. The molecule has 24 heavy (non-hydrogen) atoms. The molecule has 3 heterocycles. The molecule has 0 aliphatic heterocycles. The topological polar surface area (TPSA) is 113 Å². The van der Waals surface area contributed by atoms with Crippen molar-refractivity contribution in [3.8, 4) is 5.69 Å². The Morgan fingerprint density at radius 3 is 2.67 bits per heavy atom. The van der Waals surface area contributed by atoms with Gasteiger partial charge >= 0.3 is 0 Å². The van der Waals surface area contributed by atoms with Gasteiger partial charge in [0.05, 0.1) is 10.9 Å². The lowest BCUT2D eigenvalue weighted by molar-refractivity contribution is -0.889. The number of amides is 1. The number of aryl methyl sites for hydroxylation is 2. The fourth-order valence-corrected chi connectivity index (χ4v) is 2.95. The molecule has 3 aromatic heterocycles. The van der Waals surface area contributed by atoms with Crippen LogP contribution in [0, 0.1) is 20.8 Å². The zero-order valence-electron chi connectivity index (χ0n) is 14.0. The smallest absolute Gasteiger partial charge is 0.255 e. The first-order valence-electron chi connectivity index (χ1n) is 7.36. The summed E-state index contributed by atoms with van der Waals surface area (Å²) in [5.74, 6) is 0.190. The van der Waals surface area contributed by atoms with E-state index in [1.54, 1.807) is 29.5 Å². The van der Waals surface area contributed by atoms with Crippen molar-refractivity contribution >= 4 is 22.8 Å². The minimum Gasteiger partial charge on any atom is -0.384 e. The number of nitrogen functional groups attached to an aromatic ring is 1. The number of hydrogen-bond donors (Lipinski definition) is 2. The molecule has 0 aliphatic carbocycles. The second kappa shape index (κ2) is 5.48. The molecule has 0 atom stereocenters. The van der Waals surface area contributed by atoms with Gasteiger partial charge in [0.1, 0.15) is 24.4 Å². The molecular formula is C16H19N6O2+. The van der Waals surface area contributed by atoms with E-state index in [9.17, 15) is 4.79 Å². The van der Waals surface area contributed by atoms with Gasteiger partial charge in [-0.25, -0.2) is 9.97 Å². The Bertz CT molecular complexity index is 977. The monoisotopic (exact) mass is 327 g/mol. The van der Waals surface area contributed by atoms with Crippen LogP contribution in [0.1, 0.15) is 27.4 Å². The van der Waals surface area contributed by atoms with Gasteiger partial charge in [-0.3, -0.25) is 14.2 Å². The standard InChI is InChI=1S/C16H18N6O2/c1-8-5-6-21(24-4)9(2)13(8)22-14(17)12(15(18)23)11-7-19-10(3)20-16(11)22/h5-7H,1-4H3,(H3-,17,18,23)/p+1. The van der Waals surface area contributed by atoms with Crippen molar-refractivity contribution in [2.75, 3.05) is 12.8 Å². The predicted molar refractivity (Wildman–Crippen MR) is 88.7 cm³/mol. The number of primary amides is 1. The van der Waals surface area contributed by atoms with Crippen molar-refractivity contribution in [2.45, 2.75) is 20.8 Å². The number of pyridine rings is 1. The van der Waals surface area contributed by atoms with Crippen molar-refractivity contribution in [3.63, 3.8) is 0 Å². The molecule has 124 valence electrons. The number of hydrogen-bond acceptors (Lipinski definition) is 5. The zero-order chi connectivity index (χ0) is 17.6. The average Bonchev–Trinajstić information content (AvgIpc) is 2.80. The van der Waals surface area contributed by atoms with Gasteiger partial charge in [-0.2, -0.15) is 0 Å². The average molecular weight is 327 g/mol. The summed E-state index contributed by atoms with van der Waals surface area (Å²) in [6.07, 6.45) is 3.38. The third-order valence-electron chi connectivity index (χ3n) is 4.04. The summed E-state index contributed by atoms with van der Waals surface area (Å²) in [7, 11) is 1.57. The molecule has 3 rings (SSSR count). The predicted octanol–water partition coefficient (Wildman–Crippen LogP) is 0.373. The first-order chi connectivity index (χ1) is 11.4. The largest absolute Gasteiger partial charge is 0.384 e. The van der Waals surface area contributed by atoms with Gasteiger partial charge in [0.15, 0.2) is 5.65 Å². The Morgan fingerprint density at radius 1 is 1.33 bits per heavy atom. The highest BCUT2D eigenvalue weighted by Gasteiger charge is 2.26. The molecule has 0 radical (unpaired) electrons. The van der Waals surface area contributed by atoms with Gasteiger partial charge in [0.2, 0.25) is 6.20 Å². The summed E-state index contributed by atoms with van der Waals surface area (Å²) in [6, 6.07) is 1.90. The maximum absolute atomic E-state index is 11.9. The van der Waals surface area contributed by atoms with Crippen LogP contribution in [0.5, 0.6) is 0 Å². The molecule has 0 spiro atoms. The number of aromatic nitrogens is 4. The molecule has 0 aliphatic rings. The Balaban J connectivity index is 2.50. The molecule has 0 fully saturated rings. The van der Waals surface area contributed by atoms with Crippen LogP contribution in [0.15, 0.2) is 18.5 Å². The molecule has 3 aromatic rings. The van der Waals surface area contributed by atoms with E-state index in [-0.39, 0.29) is 11.4 Å². The minimum absolute atomic E-state index is 0.219. The van der Waals surface area contributed by atoms with E-state index in [1.165, 1.54) is 0 Å². The fraction of sp³-hybridized carbons (Fsp3) is 0.250. The fourth-order valence-electron chi connectivity index (χ4n) is 2.95. The number of anilines is 1. The minimum atomic E-state index is -0.616. The molecular weight excluding hydrogens is 308 g/mol. The molecule has 1 amide bonds. The van der Waals surface area contributed by atoms with Gasteiger partial charge < -0.3 is 11.5 Å². The lowest BCUT2D eigenvalue weighted by Gasteiger charge is -2.11. The number of rotatable bonds is 3. The highest BCUT2D eigenvalue weighted by Crippen LogP contribution is 2.31. The maximum atomic E-state index is 11.9. The summed E-state index contributed by atoms with van der Waals surface area (Å²) in [5, 5.41) is 0.525. The maximum Gasteiger partial charge on any atom is 0.255 e. The third-order valence-corrected chi connectivity index (χ3v) is 4.04. The molecule has 4 N–H and O–H groups in total.